The number of amides is 2. The van der Waals surface area contributed by atoms with Gasteiger partial charge in [-0.2, -0.15) is 0 Å². The van der Waals surface area contributed by atoms with E-state index >= 15 is 0 Å². The summed E-state index contributed by atoms with van der Waals surface area (Å²) in [6.45, 7) is 5.69. The molecule has 0 aromatic heterocycles. The highest BCUT2D eigenvalue weighted by Gasteiger charge is 2.33. The number of sulfonamides is 1. The SMILES string of the molecule is CCCCNC(=O)C(CC)N(Cc1cccc(C)c1)C(=O)CN(c1ccc([N+](=O)[O-])cc1)S(=O)(=O)c1ccccc1. The molecule has 218 valence electrons. The summed E-state index contributed by atoms with van der Waals surface area (Å²) in [5, 5.41) is 14.1. The maximum absolute atomic E-state index is 14.0. The molecule has 0 bridgehead atoms. The Labute approximate surface area is 241 Å². The predicted molar refractivity (Wildman–Crippen MR) is 158 cm³/mol. The van der Waals surface area contributed by atoms with Crippen LogP contribution in [0.2, 0.25) is 0 Å². The van der Waals surface area contributed by atoms with Gasteiger partial charge in [0.05, 0.1) is 15.5 Å². The van der Waals surface area contributed by atoms with Gasteiger partial charge in [-0.25, -0.2) is 8.42 Å². The van der Waals surface area contributed by atoms with Gasteiger partial charge in [-0.05, 0) is 49.6 Å². The number of non-ortho nitro benzene ring substituents is 1. The van der Waals surface area contributed by atoms with Crippen LogP contribution in [0.1, 0.15) is 44.2 Å². The fraction of sp³-hybridized carbons (Fsp3) is 0.333. The molecule has 3 aromatic rings. The molecular weight excluding hydrogens is 544 g/mol. The molecular formula is C30H36N4O6S. The van der Waals surface area contributed by atoms with Crippen molar-refractivity contribution in [3.63, 3.8) is 0 Å². The Morgan fingerprint density at radius 3 is 2.24 bits per heavy atom. The van der Waals surface area contributed by atoms with Gasteiger partial charge in [0.25, 0.3) is 15.7 Å². The molecule has 10 nitrogen and oxygen atoms in total. The lowest BCUT2D eigenvalue weighted by Crippen LogP contribution is -2.52. The highest BCUT2D eigenvalue weighted by atomic mass is 32.2. The molecule has 0 saturated carbocycles. The minimum atomic E-state index is -4.25. The maximum atomic E-state index is 14.0. The fourth-order valence-corrected chi connectivity index (χ4v) is 5.86. The molecule has 0 aliphatic rings. The van der Waals surface area contributed by atoms with Crippen molar-refractivity contribution < 1.29 is 22.9 Å². The van der Waals surface area contributed by atoms with Crippen molar-refractivity contribution in [3.05, 3.63) is 100 Å². The Kier molecular flexibility index (Phi) is 11.0. The number of anilines is 1. The zero-order valence-electron chi connectivity index (χ0n) is 23.5. The Bertz CT molecular complexity index is 1450. The molecule has 1 unspecified atom stereocenters. The highest BCUT2D eigenvalue weighted by Crippen LogP contribution is 2.26. The van der Waals surface area contributed by atoms with E-state index in [-0.39, 0.29) is 28.7 Å². The number of nitro benzene ring substituents is 1. The first-order valence-corrected chi connectivity index (χ1v) is 15.0. The molecule has 3 rings (SSSR count). The van der Waals surface area contributed by atoms with Gasteiger partial charge in [-0.1, -0.05) is 68.3 Å². The number of aryl methyl sites for hydroxylation is 1. The molecule has 3 aromatic carbocycles. The van der Waals surface area contributed by atoms with E-state index in [1.807, 2.05) is 38.1 Å². The highest BCUT2D eigenvalue weighted by molar-refractivity contribution is 7.92. The van der Waals surface area contributed by atoms with Crippen molar-refractivity contribution in [1.82, 2.24) is 10.2 Å². The van der Waals surface area contributed by atoms with Crippen molar-refractivity contribution in [2.75, 3.05) is 17.4 Å². The summed E-state index contributed by atoms with van der Waals surface area (Å²) in [5.74, 6) is -0.892. The lowest BCUT2D eigenvalue weighted by Gasteiger charge is -2.33. The number of hydrogen-bond donors (Lipinski definition) is 1. The summed E-state index contributed by atoms with van der Waals surface area (Å²) in [4.78, 5) is 39.3. The summed E-state index contributed by atoms with van der Waals surface area (Å²) >= 11 is 0. The monoisotopic (exact) mass is 580 g/mol. The molecule has 0 heterocycles. The quantitative estimate of drug-likeness (QED) is 0.165. The molecule has 0 radical (unpaired) electrons. The average Bonchev–Trinajstić information content (AvgIpc) is 2.96. The van der Waals surface area contributed by atoms with Crippen LogP contribution in [-0.2, 0) is 26.2 Å². The number of nitro groups is 1. The second-order valence-corrected chi connectivity index (χ2v) is 11.5. The van der Waals surface area contributed by atoms with Gasteiger partial charge >= 0.3 is 0 Å². The van der Waals surface area contributed by atoms with Crippen LogP contribution in [0.4, 0.5) is 11.4 Å². The van der Waals surface area contributed by atoms with Crippen LogP contribution in [0.25, 0.3) is 0 Å². The third-order valence-electron chi connectivity index (χ3n) is 6.61. The smallest absolute Gasteiger partial charge is 0.269 e. The van der Waals surface area contributed by atoms with E-state index in [4.69, 9.17) is 0 Å². The van der Waals surface area contributed by atoms with Gasteiger partial charge in [0.15, 0.2) is 0 Å². The lowest BCUT2D eigenvalue weighted by molar-refractivity contribution is -0.384. The van der Waals surface area contributed by atoms with E-state index in [1.165, 1.54) is 41.3 Å². The van der Waals surface area contributed by atoms with Gasteiger partial charge in [0.2, 0.25) is 11.8 Å². The van der Waals surface area contributed by atoms with Gasteiger partial charge in [-0.15, -0.1) is 0 Å². The van der Waals surface area contributed by atoms with Crippen molar-refractivity contribution in [2.45, 2.75) is 57.5 Å². The molecule has 11 heteroatoms. The minimum Gasteiger partial charge on any atom is -0.354 e. The molecule has 0 fully saturated rings. The van der Waals surface area contributed by atoms with E-state index in [0.29, 0.717) is 13.0 Å². The van der Waals surface area contributed by atoms with Crippen LogP contribution in [-0.4, -0.2) is 49.2 Å². The Morgan fingerprint density at radius 2 is 1.66 bits per heavy atom. The van der Waals surface area contributed by atoms with E-state index in [2.05, 4.69) is 5.32 Å². The Balaban J connectivity index is 2.04. The molecule has 1 N–H and O–H groups in total. The van der Waals surface area contributed by atoms with E-state index in [9.17, 15) is 28.1 Å². The van der Waals surface area contributed by atoms with Gasteiger partial charge in [-0.3, -0.25) is 24.0 Å². The molecule has 41 heavy (non-hydrogen) atoms. The number of carbonyl (C=O) groups excluding carboxylic acids is 2. The van der Waals surface area contributed by atoms with Crippen LogP contribution in [0.5, 0.6) is 0 Å². The summed E-state index contributed by atoms with van der Waals surface area (Å²) in [5.41, 5.74) is 1.65. The third-order valence-corrected chi connectivity index (χ3v) is 8.40. The molecule has 2 amide bonds. The number of carbonyl (C=O) groups is 2. The second-order valence-electron chi connectivity index (χ2n) is 9.68. The minimum absolute atomic E-state index is 0.0410. The van der Waals surface area contributed by atoms with Crippen LogP contribution in [0, 0.1) is 17.0 Å². The van der Waals surface area contributed by atoms with E-state index in [1.54, 1.807) is 25.1 Å². The first kappa shape index (κ1) is 31.3. The van der Waals surface area contributed by atoms with Crippen molar-refractivity contribution >= 4 is 33.2 Å². The average molecular weight is 581 g/mol. The van der Waals surface area contributed by atoms with Crippen molar-refractivity contribution in [1.29, 1.82) is 0 Å². The maximum Gasteiger partial charge on any atom is 0.269 e. The van der Waals surface area contributed by atoms with Gasteiger partial charge in [0.1, 0.15) is 12.6 Å². The lowest BCUT2D eigenvalue weighted by atomic mass is 10.1. The van der Waals surface area contributed by atoms with E-state index < -0.39 is 33.4 Å². The number of rotatable bonds is 14. The van der Waals surface area contributed by atoms with Crippen molar-refractivity contribution in [3.8, 4) is 0 Å². The van der Waals surface area contributed by atoms with Crippen LogP contribution >= 0.6 is 0 Å². The molecule has 0 aliphatic carbocycles. The molecule has 0 saturated heterocycles. The number of hydrogen-bond acceptors (Lipinski definition) is 6. The topological polar surface area (TPSA) is 130 Å². The Hall–Kier alpha value is -4.25. The normalized spacial score (nSPS) is 11.9. The van der Waals surface area contributed by atoms with Crippen molar-refractivity contribution in [2.24, 2.45) is 0 Å². The number of nitrogens with one attached hydrogen (secondary N) is 1. The largest absolute Gasteiger partial charge is 0.354 e. The van der Waals surface area contributed by atoms with Crippen LogP contribution in [0.15, 0.2) is 83.8 Å². The standard InChI is InChI=1S/C30H36N4O6S/c1-4-6-19-31-30(36)28(5-2)32(21-24-12-10-11-23(3)20-24)29(35)22-33(25-15-17-26(18-16-25)34(37)38)41(39,40)27-13-8-7-9-14-27/h7-18,20,28H,4-6,19,21-22H2,1-3H3,(H,31,36). The number of unbranched alkanes of at least 4 members (excludes halogenated alkanes) is 1. The summed E-state index contributed by atoms with van der Waals surface area (Å²) in [7, 11) is -4.25. The van der Waals surface area contributed by atoms with Crippen LogP contribution < -0.4 is 9.62 Å². The number of benzene rings is 3. The summed E-state index contributed by atoms with van der Waals surface area (Å²) in [6, 6.07) is 19.3. The predicted octanol–water partition coefficient (Wildman–Crippen LogP) is 4.82. The van der Waals surface area contributed by atoms with Gasteiger partial charge in [0, 0.05) is 25.2 Å². The Morgan fingerprint density at radius 1 is 0.976 bits per heavy atom. The molecule has 0 spiro atoms. The molecule has 1 atom stereocenters. The van der Waals surface area contributed by atoms with Gasteiger partial charge < -0.3 is 10.2 Å². The number of nitrogens with zero attached hydrogens (tertiary/aromatic N) is 3. The second kappa shape index (κ2) is 14.4. The molecule has 0 aliphatic heterocycles. The fourth-order valence-electron chi connectivity index (χ4n) is 4.42. The van der Waals surface area contributed by atoms with E-state index in [0.717, 1.165) is 28.3 Å². The third kappa shape index (κ3) is 8.14. The first-order valence-electron chi connectivity index (χ1n) is 13.5. The van der Waals surface area contributed by atoms with Crippen LogP contribution in [0.3, 0.4) is 0 Å². The zero-order chi connectivity index (χ0) is 30.0. The summed E-state index contributed by atoms with van der Waals surface area (Å²) < 4.78 is 28.5. The summed E-state index contributed by atoms with van der Waals surface area (Å²) in [6.07, 6.45) is 2.00. The first-order chi connectivity index (χ1) is 19.6. The zero-order valence-corrected chi connectivity index (χ0v) is 24.3.